The molecule has 7 heteroatoms. The van der Waals surface area contributed by atoms with E-state index in [1.54, 1.807) is 17.0 Å². The van der Waals surface area contributed by atoms with Gasteiger partial charge in [0, 0.05) is 13.1 Å². The third-order valence-corrected chi connectivity index (χ3v) is 6.15. The van der Waals surface area contributed by atoms with Gasteiger partial charge in [-0.15, -0.1) is 0 Å². The van der Waals surface area contributed by atoms with Crippen LogP contribution in [-0.2, 0) is 0 Å². The lowest BCUT2D eigenvalue weighted by Crippen LogP contribution is -2.39. The molecule has 1 heterocycles. The van der Waals surface area contributed by atoms with Crippen LogP contribution in [0.15, 0.2) is 42.5 Å². The van der Waals surface area contributed by atoms with E-state index in [9.17, 15) is 4.79 Å². The predicted octanol–water partition coefficient (Wildman–Crippen LogP) is 5.59. The summed E-state index contributed by atoms with van der Waals surface area (Å²) in [7, 11) is 0. The number of benzene rings is 2. The van der Waals surface area contributed by atoms with Gasteiger partial charge in [0.25, 0.3) is 5.91 Å². The summed E-state index contributed by atoms with van der Waals surface area (Å²) < 4.78 is 0.956. The maximum atomic E-state index is 13.3. The van der Waals surface area contributed by atoms with Crippen LogP contribution in [0, 0.1) is 0 Å². The zero-order valence-corrected chi connectivity index (χ0v) is 17.6. The van der Waals surface area contributed by atoms with E-state index >= 15 is 0 Å². The summed E-state index contributed by atoms with van der Waals surface area (Å²) in [6, 6.07) is 12.8. The molecule has 0 saturated heterocycles. The highest BCUT2D eigenvalue weighted by atomic mass is 35.5. The number of aromatic nitrogens is 1. The number of rotatable bonds is 7. The van der Waals surface area contributed by atoms with Crippen LogP contribution < -0.4 is 4.90 Å². The number of halogens is 2. The van der Waals surface area contributed by atoms with Crippen molar-refractivity contribution in [2.24, 2.45) is 0 Å². The third-order valence-electron chi connectivity index (χ3n) is 4.47. The predicted molar refractivity (Wildman–Crippen MR) is 116 cm³/mol. The molecule has 142 valence electrons. The lowest BCUT2D eigenvalue weighted by Gasteiger charge is -2.25. The summed E-state index contributed by atoms with van der Waals surface area (Å²) >= 11 is 14.0. The van der Waals surface area contributed by atoms with Gasteiger partial charge < -0.3 is 4.90 Å². The first-order chi connectivity index (χ1) is 13.0. The van der Waals surface area contributed by atoms with E-state index in [2.05, 4.69) is 23.7 Å². The normalized spacial score (nSPS) is 11.3. The number of carbonyl (C=O) groups excluding carboxylic acids is 1. The van der Waals surface area contributed by atoms with Crippen LogP contribution in [0.3, 0.4) is 0 Å². The molecule has 3 rings (SSSR count). The third kappa shape index (κ3) is 4.43. The average Bonchev–Trinajstić information content (AvgIpc) is 3.10. The Hall–Kier alpha value is -1.66. The Morgan fingerprint density at radius 2 is 1.70 bits per heavy atom. The summed E-state index contributed by atoms with van der Waals surface area (Å²) in [4.78, 5) is 21.9. The fourth-order valence-electron chi connectivity index (χ4n) is 2.86. The molecule has 2 aromatic carbocycles. The van der Waals surface area contributed by atoms with Gasteiger partial charge in [-0.2, -0.15) is 0 Å². The Morgan fingerprint density at radius 3 is 2.37 bits per heavy atom. The molecule has 0 aliphatic rings. The highest BCUT2D eigenvalue weighted by Gasteiger charge is 2.23. The number of para-hydroxylation sites is 1. The van der Waals surface area contributed by atoms with Crippen molar-refractivity contribution in [1.29, 1.82) is 0 Å². The minimum atomic E-state index is -0.150. The number of thiazole rings is 1. The van der Waals surface area contributed by atoms with E-state index in [4.69, 9.17) is 23.2 Å². The van der Waals surface area contributed by atoms with Gasteiger partial charge in [0.15, 0.2) is 5.13 Å². The summed E-state index contributed by atoms with van der Waals surface area (Å²) in [5.74, 6) is -0.150. The van der Waals surface area contributed by atoms with Crippen molar-refractivity contribution in [1.82, 2.24) is 9.88 Å². The topological polar surface area (TPSA) is 36.4 Å². The molecular weight excluding hydrogens is 401 g/mol. The van der Waals surface area contributed by atoms with Crippen molar-refractivity contribution in [3.8, 4) is 0 Å². The second-order valence-corrected chi connectivity index (χ2v) is 7.87. The van der Waals surface area contributed by atoms with E-state index in [1.165, 1.54) is 11.3 Å². The fourth-order valence-corrected chi connectivity index (χ4v) is 4.37. The Morgan fingerprint density at radius 1 is 1.00 bits per heavy atom. The van der Waals surface area contributed by atoms with Crippen LogP contribution in [0.25, 0.3) is 10.2 Å². The Kier molecular flexibility index (Phi) is 6.71. The Balaban J connectivity index is 1.99. The van der Waals surface area contributed by atoms with Gasteiger partial charge in [0.05, 0.1) is 20.3 Å². The highest BCUT2D eigenvalue weighted by molar-refractivity contribution is 7.22. The Labute approximate surface area is 173 Å². The van der Waals surface area contributed by atoms with Crippen LogP contribution >= 0.6 is 34.5 Å². The molecule has 3 aromatic rings. The SMILES string of the molecule is CCN(CC)CCN(C(=O)c1ccccc1Cl)c1nc2c(Cl)cccc2s1. The molecule has 0 saturated carbocycles. The number of likely N-dealkylation sites (N-methyl/N-ethyl adjacent to an activating group) is 1. The number of anilines is 1. The number of nitrogens with zero attached hydrogens (tertiary/aromatic N) is 3. The number of hydrogen-bond donors (Lipinski definition) is 0. The molecule has 0 spiro atoms. The quantitative estimate of drug-likeness (QED) is 0.498. The molecule has 27 heavy (non-hydrogen) atoms. The Bertz CT molecular complexity index is 940. The van der Waals surface area contributed by atoms with Crippen LogP contribution in [-0.4, -0.2) is 42.0 Å². The highest BCUT2D eigenvalue weighted by Crippen LogP contribution is 2.33. The average molecular weight is 422 g/mol. The van der Waals surface area contributed by atoms with E-state index < -0.39 is 0 Å². The standard InChI is InChI=1S/C20H21Cl2N3OS/c1-3-24(4-2)12-13-25(19(26)14-8-5-6-9-15(14)21)20-23-18-16(22)10-7-11-17(18)27-20/h5-11H,3-4,12-13H2,1-2H3. The molecule has 0 aliphatic carbocycles. The second kappa shape index (κ2) is 9.02. The summed E-state index contributed by atoms with van der Waals surface area (Å²) in [6.45, 7) is 7.37. The van der Waals surface area contributed by atoms with Crippen molar-refractivity contribution in [2.45, 2.75) is 13.8 Å². The summed E-state index contributed by atoms with van der Waals surface area (Å²) in [6.07, 6.45) is 0. The van der Waals surface area contributed by atoms with Gasteiger partial charge in [0.1, 0.15) is 5.52 Å². The summed E-state index contributed by atoms with van der Waals surface area (Å²) in [5.41, 5.74) is 1.20. The van der Waals surface area contributed by atoms with Gasteiger partial charge in [-0.1, -0.05) is 66.6 Å². The van der Waals surface area contributed by atoms with E-state index in [-0.39, 0.29) is 5.91 Å². The minimum Gasteiger partial charge on any atom is -0.302 e. The molecule has 0 atom stereocenters. The lowest BCUT2D eigenvalue weighted by molar-refractivity contribution is 0.0984. The maximum Gasteiger partial charge on any atom is 0.261 e. The van der Waals surface area contributed by atoms with Gasteiger partial charge in [-0.3, -0.25) is 9.69 Å². The van der Waals surface area contributed by atoms with Gasteiger partial charge >= 0.3 is 0 Å². The fraction of sp³-hybridized carbons (Fsp3) is 0.300. The number of hydrogen-bond acceptors (Lipinski definition) is 4. The van der Waals surface area contributed by atoms with Crippen LogP contribution in [0.2, 0.25) is 10.0 Å². The van der Waals surface area contributed by atoms with Crippen molar-refractivity contribution in [2.75, 3.05) is 31.1 Å². The first kappa shape index (κ1) is 20.1. The maximum absolute atomic E-state index is 13.3. The molecule has 1 amide bonds. The molecule has 4 nitrogen and oxygen atoms in total. The zero-order valence-electron chi connectivity index (χ0n) is 15.3. The lowest BCUT2D eigenvalue weighted by atomic mass is 10.2. The molecule has 0 fully saturated rings. The molecule has 0 N–H and O–H groups in total. The molecule has 0 bridgehead atoms. The molecule has 0 radical (unpaired) electrons. The van der Waals surface area contributed by atoms with Crippen molar-refractivity contribution in [3.63, 3.8) is 0 Å². The monoisotopic (exact) mass is 421 g/mol. The molecule has 0 aliphatic heterocycles. The van der Waals surface area contributed by atoms with E-state index in [0.29, 0.717) is 27.3 Å². The van der Waals surface area contributed by atoms with Crippen molar-refractivity contribution >= 4 is 55.8 Å². The van der Waals surface area contributed by atoms with Crippen LogP contribution in [0.4, 0.5) is 5.13 Å². The van der Waals surface area contributed by atoms with Crippen molar-refractivity contribution in [3.05, 3.63) is 58.1 Å². The zero-order chi connectivity index (χ0) is 19.4. The van der Waals surface area contributed by atoms with Gasteiger partial charge in [-0.05, 0) is 37.4 Å². The van der Waals surface area contributed by atoms with Gasteiger partial charge in [-0.25, -0.2) is 4.98 Å². The van der Waals surface area contributed by atoms with Crippen molar-refractivity contribution < 1.29 is 4.79 Å². The van der Waals surface area contributed by atoms with E-state index in [0.717, 1.165) is 29.9 Å². The smallest absolute Gasteiger partial charge is 0.261 e. The number of amides is 1. The summed E-state index contributed by atoms with van der Waals surface area (Å²) in [5, 5.41) is 1.66. The number of fused-ring (bicyclic) bond motifs is 1. The molecule has 0 unspecified atom stereocenters. The second-order valence-electron chi connectivity index (χ2n) is 6.05. The first-order valence-electron chi connectivity index (χ1n) is 8.89. The molecular formula is C20H21Cl2N3OS. The minimum absolute atomic E-state index is 0.150. The van der Waals surface area contributed by atoms with E-state index in [1.807, 2.05) is 30.3 Å². The van der Waals surface area contributed by atoms with Gasteiger partial charge in [0.2, 0.25) is 0 Å². The molecule has 1 aromatic heterocycles. The number of carbonyl (C=O) groups is 1. The largest absolute Gasteiger partial charge is 0.302 e. The van der Waals surface area contributed by atoms with Crippen LogP contribution in [0.1, 0.15) is 24.2 Å². The van der Waals surface area contributed by atoms with Crippen LogP contribution in [0.5, 0.6) is 0 Å². The first-order valence-corrected chi connectivity index (χ1v) is 10.5.